The molecule has 15 heavy (non-hydrogen) atoms. The Morgan fingerprint density at radius 2 is 2.47 bits per heavy atom. The molecule has 0 fully saturated rings. The molecule has 0 aliphatic carbocycles. The highest BCUT2D eigenvalue weighted by molar-refractivity contribution is 5.15. The normalized spacial score (nSPS) is 12.6. The van der Waals surface area contributed by atoms with Crippen LogP contribution in [-0.4, -0.2) is 29.9 Å². The van der Waals surface area contributed by atoms with Gasteiger partial charge in [0.15, 0.2) is 0 Å². The molecule has 2 aromatic rings. The van der Waals surface area contributed by atoms with E-state index in [1.807, 2.05) is 6.92 Å². The lowest BCUT2D eigenvalue weighted by molar-refractivity contribution is -0.389. The van der Waals surface area contributed by atoms with E-state index >= 15 is 0 Å². The molecule has 78 valence electrons. The van der Waals surface area contributed by atoms with E-state index in [1.54, 1.807) is 10.8 Å². The third-order valence-electron chi connectivity index (χ3n) is 2.08. The fourth-order valence-electron chi connectivity index (χ4n) is 1.20. The summed E-state index contributed by atoms with van der Waals surface area (Å²) >= 11 is 0. The van der Waals surface area contributed by atoms with Crippen molar-refractivity contribution < 1.29 is 4.92 Å². The highest BCUT2D eigenvalue weighted by Crippen LogP contribution is 2.16. The molecule has 0 spiro atoms. The minimum absolute atomic E-state index is 0.134. The molecule has 0 saturated heterocycles. The van der Waals surface area contributed by atoms with Crippen molar-refractivity contribution in [3.05, 3.63) is 34.5 Å². The minimum Gasteiger partial charge on any atom is -0.358 e. The van der Waals surface area contributed by atoms with E-state index in [0.717, 1.165) is 0 Å². The molecule has 8 nitrogen and oxygen atoms in total. The number of nitrogens with zero attached hydrogens (tertiary/aromatic N) is 5. The molecule has 2 heterocycles. The van der Waals surface area contributed by atoms with Gasteiger partial charge in [-0.1, -0.05) is 0 Å². The Kier molecular flexibility index (Phi) is 2.16. The summed E-state index contributed by atoms with van der Waals surface area (Å²) in [5.74, 6) is -0.176. The quantitative estimate of drug-likeness (QED) is 0.585. The number of imidazole rings is 1. The monoisotopic (exact) mass is 208 g/mol. The third kappa shape index (κ3) is 1.68. The van der Waals surface area contributed by atoms with Crippen LogP contribution in [0, 0.1) is 10.1 Å². The Bertz CT molecular complexity index is 462. The second-order valence-electron chi connectivity index (χ2n) is 3.01. The van der Waals surface area contributed by atoms with Crippen LogP contribution < -0.4 is 0 Å². The molecular formula is C7H8N6O2. The van der Waals surface area contributed by atoms with Crippen LogP contribution in [-0.2, 0) is 0 Å². The highest BCUT2D eigenvalue weighted by Gasteiger charge is 2.16. The molecule has 0 amide bonds. The lowest BCUT2D eigenvalue weighted by atomic mass is 10.2. The average Bonchev–Trinajstić information content (AvgIpc) is 2.88. The second kappa shape index (κ2) is 3.48. The predicted molar refractivity (Wildman–Crippen MR) is 49.1 cm³/mol. The maximum absolute atomic E-state index is 10.4. The fraction of sp³-hybridized carbons (Fsp3) is 0.286. The number of hydrogen-bond donors (Lipinski definition) is 1. The van der Waals surface area contributed by atoms with E-state index in [9.17, 15) is 10.1 Å². The third-order valence-corrected chi connectivity index (χ3v) is 2.08. The molecule has 0 saturated carbocycles. The molecule has 0 radical (unpaired) electrons. The summed E-state index contributed by atoms with van der Waals surface area (Å²) in [6.45, 7) is 1.85. The first-order chi connectivity index (χ1) is 7.18. The Labute approximate surface area is 84.1 Å². The van der Waals surface area contributed by atoms with Crippen LogP contribution in [0.2, 0.25) is 0 Å². The van der Waals surface area contributed by atoms with Gasteiger partial charge in [0, 0.05) is 0 Å². The van der Waals surface area contributed by atoms with E-state index in [-0.39, 0.29) is 11.9 Å². The number of aromatic nitrogens is 5. The van der Waals surface area contributed by atoms with Crippen molar-refractivity contribution in [3.63, 3.8) is 0 Å². The van der Waals surface area contributed by atoms with Crippen molar-refractivity contribution in [3.8, 4) is 0 Å². The number of aromatic amines is 1. The fourth-order valence-corrected chi connectivity index (χ4v) is 1.20. The highest BCUT2D eigenvalue weighted by atomic mass is 16.6. The van der Waals surface area contributed by atoms with E-state index in [4.69, 9.17) is 0 Å². The summed E-state index contributed by atoms with van der Waals surface area (Å²) in [7, 11) is 0. The molecule has 1 atom stereocenters. The van der Waals surface area contributed by atoms with Gasteiger partial charge in [-0.2, -0.15) is 15.4 Å². The van der Waals surface area contributed by atoms with E-state index in [2.05, 4.69) is 20.4 Å². The maximum atomic E-state index is 10.4. The van der Waals surface area contributed by atoms with Crippen molar-refractivity contribution in [1.29, 1.82) is 0 Å². The summed E-state index contributed by atoms with van der Waals surface area (Å²) in [5, 5.41) is 20.5. The van der Waals surface area contributed by atoms with Crippen molar-refractivity contribution >= 4 is 5.82 Å². The van der Waals surface area contributed by atoms with E-state index in [1.165, 1.54) is 12.5 Å². The van der Waals surface area contributed by atoms with Crippen LogP contribution in [0.25, 0.3) is 0 Å². The predicted octanol–water partition coefficient (Wildman–Crippen LogP) is 0.519. The molecule has 0 aromatic carbocycles. The largest absolute Gasteiger partial charge is 0.381 e. The molecule has 2 rings (SSSR count). The van der Waals surface area contributed by atoms with Gasteiger partial charge in [-0.05, 0) is 16.8 Å². The van der Waals surface area contributed by atoms with Gasteiger partial charge in [0.2, 0.25) is 6.33 Å². The SMILES string of the molecule is CC(c1cn[nH]n1)n1cnc([N+](=O)[O-])c1. The first-order valence-electron chi connectivity index (χ1n) is 4.22. The Hall–Kier alpha value is -2.25. The van der Waals surface area contributed by atoms with Gasteiger partial charge in [0.05, 0.1) is 12.2 Å². The molecule has 0 aliphatic heterocycles. The van der Waals surface area contributed by atoms with Gasteiger partial charge in [-0.25, -0.2) is 0 Å². The number of H-pyrrole nitrogens is 1. The molecule has 1 N–H and O–H groups in total. The van der Waals surface area contributed by atoms with Crippen LogP contribution in [0.1, 0.15) is 18.7 Å². The summed E-state index contributed by atoms with van der Waals surface area (Å²) < 4.78 is 1.61. The van der Waals surface area contributed by atoms with Gasteiger partial charge in [-0.15, -0.1) is 0 Å². The summed E-state index contributed by atoms with van der Waals surface area (Å²) in [5.41, 5.74) is 0.697. The van der Waals surface area contributed by atoms with Crippen molar-refractivity contribution in [2.75, 3.05) is 0 Å². The molecule has 1 unspecified atom stereocenters. The summed E-state index contributed by atoms with van der Waals surface area (Å²) in [4.78, 5) is 13.5. The van der Waals surface area contributed by atoms with Crippen LogP contribution in [0.15, 0.2) is 18.7 Å². The van der Waals surface area contributed by atoms with Crippen LogP contribution in [0.5, 0.6) is 0 Å². The first kappa shape index (κ1) is 9.31. The second-order valence-corrected chi connectivity index (χ2v) is 3.01. The first-order valence-corrected chi connectivity index (χ1v) is 4.22. The van der Waals surface area contributed by atoms with Gasteiger partial charge in [0.25, 0.3) is 0 Å². The van der Waals surface area contributed by atoms with Gasteiger partial charge in [0.1, 0.15) is 11.9 Å². The van der Waals surface area contributed by atoms with Gasteiger partial charge in [-0.3, -0.25) is 0 Å². The number of nitro groups is 1. The molecule has 0 bridgehead atoms. The molecule has 8 heteroatoms. The summed E-state index contributed by atoms with van der Waals surface area (Å²) in [6.07, 6.45) is 4.33. The Balaban J connectivity index is 2.26. The lowest BCUT2D eigenvalue weighted by Crippen LogP contribution is -2.04. The lowest BCUT2D eigenvalue weighted by Gasteiger charge is -2.06. The zero-order valence-electron chi connectivity index (χ0n) is 7.86. The topological polar surface area (TPSA) is 103 Å². The zero-order valence-corrected chi connectivity index (χ0v) is 7.86. The number of nitrogens with one attached hydrogen (secondary N) is 1. The average molecular weight is 208 g/mol. The van der Waals surface area contributed by atoms with Crippen molar-refractivity contribution in [1.82, 2.24) is 25.0 Å². The van der Waals surface area contributed by atoms with Crippen molar-refractivity contribution in [2.24, 2.45) is 0 Å². The van der Waals surface area contributed by atoms with Crippen LogP contribution in [0.4, 0.5) is 5.82 Å². The van der Waals surface area contributed by atoms with E-state index in [0.29, 0.717) is 5.69 Å². The number of rotatable bonds is 3. The summed E-state index contributed by atoms with van der Waals surface area (Å²) in [6, 6.07) is -0.134. The molecule has 0 aliphatic rings. The molecular weight excluding hydrogens is 200 g/mol. The Morgan fingerprint density at radius 1 is 1.67 bits per heavy atom. The van der Waals surface area contributed by atoms with Crippen LogP contribution in [0.3, 0.4) is 0 Å². The standard InChI is InChI=1S/C7H8N6O2/c1-5(6-2-9-11-10-6)12-3-7(8-4-12)13(14)15/h2-5H,1H3,(H,9,10,11). The van der Waals surface area contributed by atoms with Crippen LogP contribution >= 0.6 is 0 Å². The Morgan fingerprint density at radius 3 is 3.00 bits per heavy atom. The van der Waals surface area contributed by atoms with Crippen molar-refractivity contribution in [2.45, 2.75) is 13.0 Å². The van der Waals surface area contributed by atoms with Gasteiger partial charge < -0.3 is 14.7 Å². The van der Waals surface area contributed by atoms with E-state index < -0.39 is 4.92 Å². The minimum atomic E-state index is -0.536. The maximum Gasteiger partial charge on any atom is 0.381 e. The number of hydrogen-bond acceptors (Lipinski definition) is 5. The smallest absolute Gasteiger partial charge is 0.358 e. The van der Waals surface area contributed by atoms with Gasteiger partial charge >= 0.3 is 5.82 Å². The molecule has 2 aromatic heterocycles. The zero-order chi connectivity index (χ0) is 10.8.